The fourth-order valence-electron chi connectivity index (χ4n) is 2.02. The third-order valence-corrected chi connectivity index (χ3v) is 3.05. The van der Waals surface area contributed by atoms with Crippen LogP contribution >= 0.6 is 0 Å². The first-order valence-corrected chi connectivity index (χ1v) is 6.66. The van der Waals surface area contributed by atoms with Crippen LogP contribution in [0.3, 0.4) is 0 Å². The molecule has 2 aromatic heterocycles. The van der Waals surface area contributed by atoms with Crippen LogP contribution < -0.4 is 0 Å². The molecular weight excluding hydrogens is 224 g/mol. The highest BCUT2D eigenvalue weighted by molar-refractivity contribution is 5.78. The number of hydrogen-bond donors (Lipinski definition) is 0. The molecule has 0 aliphatic heterocycles. The maximum atomic E-state index is 4.70. The molecule has 18 heavy (non-hydrogen) atoms. The van der Waals surface area contributed by atoms with Crippen molar-refractivity contribution in [3.8, 4) is 0 Å². The Morgan fingerprint density at radius 1 is 1.00 bits per heavy atom. The van der Waals surface area contributed by atoms with E-state index in [9.17, 15) is 0 Å². The smallest absolute Gasteiger partial charge is 0.162 e. The minimum absolute atomic E-state index is 0.315. The van der Waals surface area contributed by atoms with E-state index in [0.717, 1.165) is 22.6 Å². The van der Waals surface area contributed by atoms with Crippen LogP contribution in [-0.4, -0.2) is 19.7 Å². The molecule has 2 heterocycles. The summed E-state index contributed by atoms with van der Waals surface area (Å²) in [6.45, 7) is 12.8. The third-order valence-electron chi connectivity index (χ3n) is 3.05. The van der Waals surface area contributed by atoms with E-state index in [1.807, 2.05) is 10.9 Å². The molecular formula is C14H22N4. The quantitative estimate of drug-likeness (QED) is 0.830. The minimum Gasteiger partial charge on any atom is -0.244 e. The average Bonchev–Trinajstić information content (AvgIpc) is 2.67. The first-order valence-electron chi connectivity index (χ1n) is 6.66. The van der Waals surface area contributed by atoms with Crippen LogP contribution in [0.1, 0.15) is 70.9 Å². The maximum absolute atomic E-state index is 4.70. The predicted octanol–water partition coefficient (Wildman–Crippen LogP) is 3.65. The van der Waals surface area contributed by atoms with Crippen molar-refractivity contribution in [1.29, 1.82) is 0 Å². The van der Waals surface area contributed by atoms with Crippen molar-refractivity contribution in [2.24, 2.45) is 0 Å². The van der Waals surface area contributed by atoms with Gasteiger partial charge in [-0.1, -0.05) is 27.7 Å². The molecule has 0 fully saturated rings. The monoisotopic (exact) mass is 246 g/mol. The van der Waals surface area contributed by atoms with Crippen molar-refractivity contribution in [3.05, 3.63) is 17.7 Å². The van der Waals surface area contributed by atoms with Gasteiger partial charge in [0.1, 0.15) is 5.82 Å². The molecule has 0 unspecified atom stereocenters. The Balaban J connectivity index is 2.71. The van der Waals surface area contributed by atoms with Gasteiger partial charge in [0.2, 0.25) is 0 Å². The Hall–Kier alpha value is -1.45. The zero-order valence-electron chi connectivity index (χ0n) is 12.1. The van der Waals surface area contributed by atoms with E-state index in [1.54, 1.807) is 0 Å². The topological polar surface area (TPSA) is 43.6 Å². The largest absolute Gasteiger partial charge is 0.244 e. The number of rotatable bonds is 3. The van der Waals surface area contributed by atoms with Crippen LogP contribution in [0, 0.1) is 0 Å². The van der Waals surface area contributed by atoms with Gasteiger partial charge in [-0.05, 0) is 19.8 Å². The molecule has 98 valence electrons. The van der Waals surface area contributed by atoms with E-state index in [2.05, 4.69) is 51.5 Å². The zero-order valence-corrected chi connectivity index (χ0v) is 12.1. The van der Waals surface area contributed by atoms with E-state index in [0.29, 0.717) is 17.9 Å². The first-order chi connectivity index (χ1) is 8.41. The van der Waals surface area contributed by atoms with Gasteiger partial charge in [-0.25, -0.2) is 14.6 Å². The van der Waals surface area contributed by atoms with E-state index >= 15 is 0 Å². The van der Waals surface area contributed by atoms with Gasteiger partial charge in [0.15, 0.2) is 5.65 Å². The fourth-order valence-corrected chi connectivity index (χ4v) is 2.02. The maximum Gasteiger partial charge on any atom is 0.162 e. The predicted molar refractivity (Wildman–Crippen MR) is 73.9 cm³/mol. The summed E-state index contributed by atoms with van der Waals surface area (Å²) in [7, 11) is 0. The molecule has 2 rings (SSSR count). The molecule has 0 atom stereocenters. The summed E-state index contributed by atoms with van der Waals surface area (Å²) in [5, 5.41) is 5.79. The van der Waals surface area contributed by atoms with Crippen LogP contribution in [-0.2, 0) is 0 Å². The molecule has 0 saturated carbocycles. The van der Waals surface area contributed by atoms with Gasteiger partial charge in [-0.3, -0.25) is 0 Å². The molecule has 0 bridgehead atoms. The first kappa shape index (κ1) is 13.0. The van der Waals surface area contributed by atoms with Gasteiger partial charge in [0.05, 0.1) is 11.1 Å². The molecule has 4 heteroatoms. The summed E-state index contributed by atoms with van der Waals surface area (Å²) in [4.78, 5) is 9.15. The summed E-state index contributed by atoms with van der Waals surface area (Å²) < 4.78 is 2.01. The van der Waals surface area contributed by atoms with Gasteiger partial charge in [-0.15, -0.1) is 0 Å². The summed E-state index contributed by atoms with van der Waals surface area (Å²) in [6.07, 6.45) is 1.93. The SMILES string of the molecule is CC(C)c1ncc2c(C(C)C)nn(C(C)C)c2n1. The van der Waals surface area contributed by atoms with Crippen LogP contribution in [0.25, 0.3) is 11.0 Å². The van der Waals surface area contributed by atoms with E-state index in [1.165, 1.54) is 0 Å². The molecule has 0 radical (unpaired) electrons. The molecule has 2 aromatic rings. The third kappa shape index (κ3) is 2.11. The second kappa shape index (κ2) is 4.67. The standard InChI is InChI=1S/C14H22N4/c1-8(2)12-11-7-15-13(9(3)4)16-14(11)18(17-12)10(5)6/h7-10H,1-6H3. The molecule has 0 N–H and O–H groups in total. The highest BCUT2D eigenvalue weighted by Crippen LogP contribution is 2.26. The van der Waals surface area contributed by atoms with Gasteiger partial charge in [0.25, 0.3) is 0 Å². The van der Waals surface area contributed by atoms with Crippen molar-refractivity contribution in [3.63, 3.8) is 0 Å². The lowest BCUT2D eigenvalue weighted by Gasteiger charge is -2.07. The fraction of sp³-hybridized carbons (Fsp3) is 0.643. The Morgan fingerprint density at radius 2 is 1.67 bits per heavy atom. The molecule has 0 spiro atoms. The molecule has 0 amide bonds. The highest BCUT2D eigenvalue weighted by atomic mass is 15.3. The molecule has 0 aliphatic rings. The molecule has 0 saturated heterocycles. The van der Waals surface area contributed by atoms with Crippen LogP contribution in [0.15, 0.2) is 6.20 Å². The average molecular weight is 246 g/mol. The molecule has 0 aromatic carbocycles. The van der Waals surface area contributed by atoms with Crippen molar-refractivity contribution >= 4 is 11.0 Å². The lowest BCUT2D eigenvalue weighted by molar-refractivity contribution is 0.534. The summed E-state index contributed by atoms with van der Waals surface area (Å²) in [5.74, 6) is 1.62. The van der Waals surface area contributed by atoms with E-state index in [4.69, 9.17) is 5.10 Å². The van der Waals surface area contributed by atoms with Gasteiger partial charge >= 0.3 is 0 Å². The van der Waals surface area contributed by atoms with Crippen molar-refractivity contribution in [1.82, 2.24) is 19.7 Å². The van der Waals surface area contributed by atoms with Crippen molar-refractivity contribution in [2.75, 3.05) is 0 Å². The Bertz CT molecular complexity index is 552. The highest BCUT2D eigenvalue weighted by Gasteiger charge is 2.17. The van der Waals surface area contributed by atoms with Crippen molar-refractivity contribution < 1.29 is 0 Å². The second-order valence-corrected chi connectivity index (χ2v) is 5.70. The number of nitrogens with zero attached hydrogens (tertiary/aromatic N) is 4. The zero-order chi connectivity index (χ0) is 13.4. The lowest BCUT2D eigenvalue weighted by Crippen LogP contribution is -2.06. The second-order valence-electron chi connectivity index (χ2n) is 5.70. The Labute approximate surface area is 108 Å². The normalized spacial score (nSPS) is 12.3. The van der Waals surface area contributed by atoms with E-state index in [-0.39, 0.29) is 0 Å². The van der Waals surface area contributed by atoms with Crippen molar-refractivity contribution in [2.45, 2.75) is 59.4 Å². The van der Waals surface area contributed by atoms with Crippen LogP contribution in [0.4, 0.5) is 0 Å². The summed E-state index contributed by atoms with van der Waals surface area (Å²) in [6, 6.07) is 0.315. The van der Waals surface area contributed by atoms with Crippen LogP contribution in [0.2, 0.25) is 0 Å². The summed E-state index contributed by atoms with van der Waals surface area (Å²) in [5.41, 5.74) is 2.06. The Morgan fingerprint density at radius 3 is 2.17 bits per heavy atom. The van der Waals surface area contributed by atoms with Crippen LogP contribution in [0.5, 0.6) is 0 Å². The Kier molecular flexibility index (Phi) is 3.37. The van der Waals surface area contributed by atoms with Gasteiger partial charge in [-0.2, -0.15) is 5.10 Å². The molecule has 4 nitrogen and oxygen atoms in total. The van der Waals surface area contributed by atoms with E-state index < -0.39 is 0 Å². The lowest BCUT2D eigenvalue weighted by atomic mass is 10.1. The van der Waals surface area contributed by atoms with Gasteiger partial charge < -0.3 is 0 Å². The van der Waals surface area contributed by atoms with Gasteiger partial charge in [0, 0.05) is 18.2 Å². The minimum atomic E-state index is 0.315. The molecule has 0 aliphatic carbocycles. The number of aromatic nitrogens is 4. The number of hydrogen-bond acceptors (Lipinski definition) is 3. The summed E-state index contributed by atoms with van der Waals surface area (Å²) >= 11 is 0. The number of fused-ring (bicyclic) bond motifs is 1.